The van der Waals surface area contributed by atoms with Gasteiger partial charge in [-0.25, -0.2) is 0 Å². The largest absolute Gasteiger partial charge is 0.482 e. The first kappa shape index (κ1) is 11.9. The van der Waals surface area contributed by atoms with Gasteiger partial charge in [-0.05, 0) is 40.2 Å². The Hall–Kier alpha value is -1.61. The molecular weight excluding hydrogens is 280 g/mol. The second-order valence-electron chi connectivity index (χ2n) is 3.47. The van der Waals surface area contributed by atoms with Gasteiger partial charge < -0.3 is 4.74 Å². The summed E-state index contributed by atoms with van der Waals surface area (Å²) in [5, 5.41) is 0. The molecule has 2 rings (SSSR count). The Bertz CT molecular complexity index is 491. The number of ether oxygens (including phenoxy) is 1. The van der Waals surface area contributed by atoms with Crippen LogP contribution in [0.1, 0.15) is 15.9 Å². The SMILES string of the molecule is O=C(c1ccccc1)c1ccc(OCBr)cc1. The molecule has 0 fully saturated rings. The Kier molecular flexibility index (Phi) is 3.94. The number of halogens is 1. The topological polar surface area (TPSA) is 26.3 Å². The second kappa shape index (κ2) is 5.64. The molecule has 0 saturated heterocycles. The number of benzene rings is 2. The Balaban J connectivity index is 2.20. The van der Waals surface area contributed by atoms with Gasteiger partial charge in [-0.15, -0.1) is 0 Å². The van der Waals surface area contributed by atoms with E-state index >= 15 is 0 Å². The van der Waals surface area contributed by atoms with E-state index in [0.717, 1.165) is 5.75 Å². The molecule has 2 aromatic rings. The van der Waals surface area contributed by atoms with E-state index < -0.39 is 0 Å². The molecular formula is C14H11BrO2. The second-order valence-corrected chi connectivity index (χ2v) is 3.93. The summed E-state index contributed by atoms with van der Waals surface area (Å²) in [5.41, 5.74) is 1.80. The minimum atomic E-state index is 0.0241. The minimum Gasteiger partial charge on any atom is -0.482 e. The third-order valence-corrected chi connectivity index (χ3v) is 2.60. The zero-order valence-corrected chi connectivity index (χ0v) is 10.7. The van der Waals surface area contributed by atoms with Gasteiger partial charge in [0, 0.05) is 11.1 Å². The summed E-state index contributed by atoms with van der Waals surface area (Å²) in [6.45, 7) is 0. The molecule has 0 heterocycles. The normalized spacial score (nSPS) is 9.94. The molecule has 2 aromatic carbocycles. The highest BCUT2D eigenvalue weighted by Crippen LogP contribution is 2.15. The lowest BCUT2D eigenvalue weighted by Gasteiger charge is -2.04. The Morgan fingerprint density at radius 1 is 0.941 bits per heavy atom. The first-order valence-corrected chi connectivity index (χ1v) is 6.32. The molecule has 0 unspecified atom stereocenters. The van der Waals surface area contributed by atoms with Crippen LogP contribution < -0.4 is 4.74 Å². The number of hydrogen-bond donors (Lipinski definition) is 0. The third kappa shape index (κ3) is 2.94. The van der Waals surface area contributed by atoms with Crippen molar-refractivity contribution in [3.63, 3.8) is 0 Å². The van der Waals surface area contributed by atoms with Gasteiger partial charge in [0.05, 0.1) is 0 Å². The van der Waals surface area contributed by atoms with Gasteiger partial charge in [0.1, 0.15) is 11.3 Å². The zero-order valence-electron chi connectivity index (χ0n) is 9.10. The average Bonchev–Trinajstić information content (AvgIpc) is 2.40. The molecule has 0 bridgehead atoms. The summed E-state index contributed by atoms with van der Waals surface area (Å²) < 4.78 is 5.25. The Labute approximate surface area is 108 Å². The minimum absolute atomic E-state index is 0.0241. The van der Waals surface area contributed by atoms with Crippen LogP contribution in [0.25, 0.3) is 0 Å². The van der Waals surface area contributed by atoms with Crippen LogP contribution in [0, 0.1) is 0 Å². The van der Waals surface area contributed by atoms with E-state index in [9.17, 15) is 4.79 Å². The number of rotatable bonds is 4. The molecule has 0 atom stereocenters. The fourth-order valence-corrected chi connectivity index (χ4v) is 1.79. The molecule has 0 spiro atoms. The molecule has 0 amide bonds. The van der Waals surface area contributed by atoms with E-state index in [1.165, 1.54) is 0 Å². The summed E-state index contributed by atoms with van der Waals surface area (Å²) in [5.74, 6) is 0.766. The summed E-state index contributed by atoms with van der Waals surface area (Å²) in [7, 11) is 0. The van der Waals surface area contributed by atoms with Gasteiger partial charge in [0.2, 0.25) is 0 Å². The van der Waals surface area contributed by atoms with Crippen molar-refractivity contribution in [3.8, 4) is 5.75 Å². The van der Waals surface area contributed by atoms with Crippen molar-refractivity contribution in [3.05, 3.63) is 65.7 Å². The number of carbonyl (C=O) groups excluding carboxylic acids is 1. The predicted octanol–water partition coefficient (Wildman–Crippen LogP) is 3.65. The molecule has 0 N–H and O–H groups in total. The maximum Gasteiger partial charge on any atom is 0.193 e. The van der Waals surface area contributed by atoms with Crippen LogP contribution in [0.4, 0.5) is 0 Å². The van der Waals surface area contributed by atoms with Crippen molar-refractivity contribution in [2.24, 2.45) is 0 Å². The highest BCUT2D eigenvalue weighted by molar-refractivity contribution is 9.09. The summed E-state index contributed by atoms with van der Waals surface area (Å²) in [4.78, 5) is 12.1. The van der Waals surface area contributed by atoms with Gasteiger partial charge in [0.15, 0.2) is 5.78 Å². The average molecular weight is 291 g/mol. The van der Waals surface area contributed by atoms with Crippen LogP contribution >= 0.6 is 15.9 Å². The molecule has 0 saturated carbocycles. The fraction of sp³-hybridized carbons (Fsp3) is 0.0714. The molecule has 17 heavy (non-hydrogen) atoms. The van der Waals surface area contributed by atoms with Crippen LogP contribution in [0.5, 0.6) is 5.75 Å². The first-order chi connectivity index (χ1) is 8.31. The van der Waals surface area contributed by atoms with Crippen molar-refractivity contribution in [2.75, 3.05) is 5.52 Å². The lowest BCUT2D eigenvalue weighted by molar-refractivity contribution is 0.103. The van der Waals surface area contributed by atoms with Crippen LogP contribution in [0.3, 0.4) is 0 Å². The zero-order chi connectivity index (χ0) is 12.1. The number of hydrogen-bond acceptors (Lipinski definition) is 2. The van der Waals surface area contributed by atoms with Crippen molar-refractivity contribution in [2.45, 2.75) is 0 Å². The van der Waals surface area contributed by atoms with Crippen molar-refractivity contribution in [1.29, 1.82) is 0 Å². The van der Waals surface area contributed by atoms with Crippen LogP contribution in [-0.2, 0) is 0 Å². The summed E-state index contributed by atoms with van der Waals surface area (Å²) in [6.07, 6.45) is 0. The molecule has 2 nitrogen and oxygen atoms in total. The van der Waals surface area contributed by atoms with Crippen molar-refractivity contribution in [1.82, 2.24) is 0 Å². The van der Waals surface area contributed by atoms with E-state index in [0.29, 0.717) is 16.6 Å². The third-order valence-electron chi connectivity index (χ3n) is 2.37. The number of ketones is 1. The van der Waals surface area contributed by atoms with Gasteiger partial charge in [0.25, 0.3) is 0 Å². The van der Waals surface area contributed by atoms with E-state index in [2.05, 4.69) is 15.9 Å². The maximum absolute atomic E-state index is 12.1. The Morgan fingerprint density at radius 3 is 2.12 bits per heavy atom. The fourth-order valence-electron chi connectivity index (χ4n) is 1.52. The highest BCUT2D eigenvalue weighted by Gasteiger charge is 2.07. The van der Waals surface area contributed by atoms with Crippen LogP contribution in [-0.4, -0.2) is 11.3 Å². The van der Waals surface area contributed by atoms with Crippen LogP contribution in [0.15, 0.2) is 54.6 Å². The van der Waals surface area contributed by atoms with Gasteiger partial charge >= 0.3 is 0 Å². The van der Waals surface area contributed by atoms with E-state index in [1.807, 2.05) is 30.3 Å². The van der Waals surface area contributed by atoms with Gasteiger partial charge in [-0.3, -0.25) is 4.79 Å². The van der Waals surface area contributed by atoms with E-state index in [1.54, 1.807) is 24.3 Å². The number of carbonyl (C=O) groups is 1. The molecule has 86 valence electrons. The monoisotopic (exact) mass is 290 g/mol. The smallest absolute Gasteiger partial charge is 0.193 e. The quantitative estimate of drug-likeness (QED) is 0.635. The maximum atomic E-state index is 12.1. The Morgan fingerprint density at radius 2 is 1.53 bits per heavy atom. The van der Waals surface area contributed by atoms with E-state index in [4.69, 9.17) is 4.74 Å². The van der Waals surface area contributed by atoms with Gasteiger partial charge in [-0.1, -0.05) is 30.3 Å². The predicted molar refractivity (Wildman–Crippen MR) is 70.7 cm³/mol. The molecule has 0 radical (unpaired) electrons. The van der Waals surface area contributed by atoms with E-state index in [-0.39, 0.29) is 5.78 Å². The molecule has 0 aliphatic carbocycles. The molecule has 3 heteroatoms. The molecule has 0 aliphatic heterocycles. The van der Waals surface area contributed by atoms with Crippen molar-refractivity contribution < 1.29 is 9.53 Å². The summed E-state index contributed by atoms with van der Waals surface area (Å²) >= 11 is 3.18. The standard InChI is InChI=1S/C14H11BrO2/c15-10-17-13-8-6-12(7-9-13)14(16)11-4-2-1-3-5-11/h1-9H,10H2. The summed E-state index contributed by atoms with van der Waals surface area (Å²) in [6, 6.07) is 16.3. The lowest BCUT2D eigenvalue weighted by atomic mass is 10.0. The number of alkyl halides is 1. The molecule has 0 aliphatic rings. The van der Waals surface area contributed by atoms with Crippen molar-refractivity contribution >= 4 is 21.7 Å². The molecule has 0 aromatic heterocycles. The lowest BCUT2D eigenvalue weighted by Crippen LogP contribution is -2.00. The highest BCUT2D eigenvalue weighted by atomic mass is 79.9. The first-order valence-electron chi connectivity index (χ1n) is 5.20. The van der Waals surface area contributed by atoms with Crippen LogP contribution in [0.2, 0.25) is 0 Å². The van der Waals surface area contributed by atoms with Gasteiger partial charge in [-0.2, -0.15) is 0 Å².